The van der Waals surface area contributed by atoms with E-state index in [2.05, 4.69) is 41.4 Å². The molecule has 0 radical (unpaired) electrons. The SMILES string of the molecule is CC(C)N(C)Cc1cccc(Nc2ccc(-c3cnc4cc(F)ccn34)c3c2C(=O)NC3)n1. The van der Waals surface area contributed by atoms with Gasteiger partial charge in [-0.3, -0.25) is 14.1 Å². The van der Waals surface area contributed by atoms with Crippen molar-refractivity contribution in [2.45, 2.75) is 33.0 Å². The maximum absolute atomic E-state index is 13.6. The van der Waals surface area contributed by atoms with Crippen LogP contribution in [0.5, 0.6) is 0 Å². The van der Waals surface area contributed by atoms with Crippen molar-refractivity contribution in [2.75, 3.05) is 12.4 Å². The zero-order valence-electron chi connectivity index (χ0n) is 18.8. The van der Waals surface area contributed by atoms with Gasteiger partial charge >= 0.3 is 0 Å². The lowest BCUT2D eigenvalue weighted by Crippen LogP contribution is -2.26. The number of imidazole rings is 1. The van der Waals surface area contributed by atoms with Crippen molar-refractivity contribution in [3.8, 4) is 11.3 Å². The van der Waals surface area contributed by atoms with Gasteiger partial charge in [0.25, 0.3) is 5.91 Å². The van der Waals surface area contributed by atoms with Gasteiger partial charge in [0, 0.05) is 37.0 Å². The lowest BCUT2D eigenvalue weighted by atomic mass is 9.99. The van der Waals surface area contributed by atoms with E-state index in [1.807, 2.05) is 34.7 Å². The van der Waals surface area contributed by atoms with Gasteiger partial charge in [-0.05, 0) is 50.7 Å². The molecule has 0 aliphatic carbocycles. The van der Waals surface area contributed by atoms with E-state index in [0.717, 1.165) is 29.1 Å². The minimum absolute atomic E-state index is 0.134. The molecule has 0 unspecified atom stereocenters. The minimum atomic E-state index is -0.337. The van der Waals surface area contributed by atoms with Crippen LogP contribution in [-0.4, -0.2) is 38.3 Å². The summed E-state index contributed by atoms with van der Waals surface area (Å²) in [5.74, 6) is 0.213. The molecule has 0 fully saturated rings. The monoisotopic (exact) mass is 444 g/mol. The predicted molar refractivity (Wildman–Crippen MR) is 126 cm³/mol. The van der Waals surface area contributed by atoms with Crippen molar-refractivity contribution in [3.63, 3.8) is 0 Å². The lowest BCUT2D eigenvalue weighted by molar-refractivity contribution is 0.0966. The number of nitrogens with one attached hydrogen (secondary N) is 2. The average Bonchev–Trinajstić information content (AvgIpc) is 3.38. The highest BCUT2D eigenvalue weighted by atomic mass is 19.1. The molecule has 33 heavy (non-hydrogen) atoms. The van der Waals surface area contributed by atoms with Gasteiger partial charge in [-0.2, -0.15) is 0 Å². The van der Waals surface area contributed by atoms with Gasteiger partial charge in [-0.25, -0.2) is 14.4 Å². The second kappa shape index (κ2) is 8.29. The molecule has 3 aromatic heterocycles. The number of pyridine rings is 2. The third-order valence-electron chi connectivity index (χ3n) is 6.08. The van der Waals surface area contributed by atoms with Gasteiger partial charge < -0.3 is 10.6 Å². The van der Waals surface area contributed by atoms with Gasteiger partial charge in [0.05, 0.1) is 28.8 Å². The minimum Gasteiger partial charge on any atom is -0.348 e. The number of carbonyl (C=O) groups is 1. The number of hydrogen-bond donors (Lipinski definition) is 2. The first kappa shape index (κ1) is 21.1. The molecular weight excluding hydrogens is 419 g/mol. The summed E-state index contributed by atoms with van der Waals surface area (Å²) in [6.45, 7) is 5.44. The van der Waals surface area contributed by atoms with Crippen LogP contribution >= 0.6 is 0 Å². The van der Waals surface area contributed by atoms with Crippen LogP contribution in [0.4, 0.5) is 15.9 Å². The summed E-state index contributed by atoms with van der Waals surface area (Å²) in [4.78, 5) is 24.0. The fourth-order valence-electron chi connectivity index (χ4n) is 4.06. The van der Waals surface area contributed by atoms with E-state index < -0.39 is 0 Å². The Morgan fingerprint density at radius 1 is 1.24 bits per heavy atom. The Morgan fingerprint density at radius 3 is 2.91 bits per heavy atom. The molecule has 0 bridgehead atoms. The quantitative estimate of drug-likeness (QED) is 0.462. The number of anilines is 2. The second-order valence-corrected chi connectivity index (χ2v) is 8.56. The number of carbonyl (C=O) groups excluding carboxylic acids is 1. The van der Waals surface area contributed by atoms with Crippen LogP contribution in [-0.2, 0) is 13.1 Å². The van der Waals surface area contributed by atoms with Crippen LogP contribution in [0, 0.1) is 5.82 Å². The molecule has 0 saturated heterocycles. The Morgan fingerprint density at radius 2 is 2.09 bits per heavy atom. The van der Waals surface area contributed by atoms with Crippen molar-refractivity contribution in [2.24, 2.45) is 0 Å². The average molecular weight is 445 g/mol. The molecule has 1 aliphatic rings. The van der Waals surface area contributed by atoms with Gasteiger partial charge in [0.15, 0.2) is 0 Å². The second-order valence-electron chi connectivity index (χ2n) is 8.56. The fourth-order valence-corrected chi connectivity index (χ4v) is 4.06. The van der Waals surface area contributed by atoms with Gasteiger partial charge in [-0.1, -0.05) is 12.1 Å². The summed E-state index contributed by atoms with van der Waals surface area (Å²) in [5.41, 5.74) is 5.33. The normalized spacial score (nSPS) is 13.1. The van der Waals surface area contributed by atoms with E-state index in [-0.39, 0.29) is 11.7 Å². The number of fused-ring (bicyclic) bond motifs is 2. The molecule has 8 heteroatoms. The highest BCUT2D eigenvalue weighted by Crippen LogP contribution is 2.35. The van der Waals surface area contributed by atoms with Crippen LogP contribution < -0.4 is 10.6 Å². The van der Waals surface area contributed by atoms with E-state index in [1.165, 1.54) is 12.1 Å². The molecule has 1 aliphatic heterocycles. The first-order chi connectivity index (χ1) is 15.9. The number of aromatic nitrogens is 3. The summed E-state index contributed by atoms with van der Waals surface area (Å²) < 4.78 is 15.4. The molecule has 0 atom stereocenters. The summed E-state index contributed by atoms with van der Waals surface area (Å²) in [6, 6.07) is 12.9. The smallest absolute Gasteiger partial charge is 0.254 e. The summed E-state index contributed by atoms with van der Waals surface area (Å²) in [5, 5.41) is 6.26. The Hall–Kier alpha value is -3.78. The first-order valence-electron chi connectivity index (χ1n) is 10.9. The van der Waals surface area contributed by atoms with Gasteiger partial charge in [-0.15, -0.1) is 0 Å². The van der Waals surface area contributed by atoms with Crippen molar-refractivity contribution in [1.82, 2.24) is 24.6 Å². The maximum atomic E-state index is 13.6. The molecule has 2 N–H and O–H groups in total. The molecular formula is C25H25FN6O. The lowest BCUT2D eigenvalue weighted by Gasteiger charge is -2.20. The van der Waals surface area contributed by atoms with Gasteiger partial charge in [0.2, 0.25) is 0 Å². The largest absolute Gasteiger partial charge is 0.348 e. The molecule has 0 spiro atoms. The van der Waals surface area contributed by atoms with E-state index in [9.17, 15) is 9.18 Å². The number of rotatable bonds is 6. The fraction of sp³-hybridized carbons (Fsp3) is 0.240. The van der Waals surface area contributed by atoms with E-state index in [1.54, 1.807) is 12.4 Å². The molecule has 0 saturated carbocycles. The van der Waals surface area contributed by atoms with Crippen molar-refractivity contribution in [1.29, 1.82) is 0 Å². The molecule has 4 aromatic rings. The van der Waals surface area contributed by atoms with Crippen molar-refractivity contribution in [3.05, 3.63) is 77.5 Å². The Balaban J connectivity index is 1.51. The predicted octanol–water partition coefficient (Wildman–Crippen LogP) is 4.36. The first-order valence-corrected chi connectivity index (χ1v) is 10.9. The Bertz CT molecular complexity index is 1360. The maximum Gasteiger partial charge on any atom is 0.254 e. The van der Waals surface area contributed by atoms with Crippen LogP contribution in [0.25, 0.3) is 16.9 Å². The van der Waals surface area contributed by atoms with Crippen molar-refractivity contribution >= 4 is 23.1 Å². The third kappa shape index (κ3) is 3.93. The standard InChI is InChI=1S/C25H25FN6O/c1-15(2)31(3)14-17-5-4-6-22(29-17)30-20-8-7-18(19-12-28-25(33)24(19)20)21-13-27-23-11-16(26)9-10-32(21)23/h4-11,13,15H,12,14H2,1-3H3,(H,28,33)(H,29,30). The van der Waals surface area contributed by atoms with E-state index in [4.69, 9.17) is 4.98 Å². The van der Waals surface area contributed by atoms with Crippen molar-refractivity contribution < 1.29 is 9.18 Å². The zero-order chi connectivity index (χ0) is 23.1. The van der Waals surface area contributed by atoms with E-state index >= 15 is 0 Å². The third-order valence-corrected chi connectivity index (χ3v) is 6.08. The Kier molecular flexibility index (Phi) is 5.30. The highest BCUT2D eigenvalue weighted by Gasteiger charge is 2.27. The summed E-state index contributed by atoms with van der Waals surface area (Å²) in [6.07, 6.45) is 3.36. The number of hydrogen-bond acceptors (Lipinski definition) is 5. The van der Waals surface area contributed by atoms with Gasteiger partial charge in [0.1, 0.15) is 17.3 Å². The van der Waals surface area contributed by atoms with Crippen LogP contribution in [0.1, 0.15) is 35.5 Å². The topological polar surface area (TPSA) is 74.6 Å². The summed E-state index contributed by atoms with van der Waals surface area (Å²) >= 11 is 0. The number of halogens is 1. The van der Waals surface area contributed by atoms with E-state index in [0.29, 0.717) is 35.3 Å². The van der Waals surface area contributed by atoms with Crippen LogP contribution in [0.15, 0.2) is 54.9 Å². The summed E-state index contributed by atoms with van der Waals surface area (Å²) in [7, 11) is 2.07. The molecule has 4 heterocycles. The number of amides is 1. The molecule has 7 nitrogen and oxygen atoms in total. The van der Waals surface area contributed by atoms with Crippen LogP contribution in [0.3, 0.4) is 0 Å². The molecule has 5 rings (SSSR count). The molecule has 168 valence electrons. The molecule has 1 amide bonds. The number of benzene rings is 1. The number of nitrogens with zero attached hydrogens (tertiary/aromatic N) is 4. The molecule has 1 aromatic carbocycles. The van der Waals surface area contributed by atoms with Crippen LogP contribution in [0.2, 0.25) is 0 Å². The highest BCUT2D eigenvalue weighted by molar-refractivity contribution is 6.06. The zero-order valence-corrected chi connectivity index (χ0v) is 18.8. The Labute approximate surface area is 191 Å².